The Bertz CT molecular complexity index is 421. The summed E-state index contributed by atoms with van der Waals surface area (Å²) in [5.74, 6) is 1.60. The van der Waals surface area contributed by atoms with Crippen LogP contribution < -0.4 is 10.1 Å². The van der Waals surface area contributed by atoms with Crippen molar-refractivity contribution in [2.75, 3.05) is 7.11 Å². The first-order valence-corrected chi connectivity index (χ1v) is 7.61. The lowest BCUT2D eigenvalue weighted by atomic mass is 9.84. The smallest absolute Gasteiger partial charge is 0.224 e. The molecule has 20 heavy (non-hydrogen) atoms. The average molecular weight is 275 g/mol. The summed E-state index contributed by atoms with van der Waals surface area (Å²) in [6, 6.07) is 7.98. The first kappa shape index (κ1) is 14.9. The van der Waals surface area contributed by atoms with Gasteiger partial charge < -0.3 is 10.1 Å². The molecular formula is C17H25NO2. The van der Waals surface area contributed by atoms with Crippen molar-refractivity contribution in [3.05, 3.63) is 29.8 Å². The van der Waals surface area contributed by atoms with Crippen LogP contribution in [0.5, 0.6) is 5.75 Å². The van der Waals surface area contributed by atoms with E-state index in [0.29, 0.717) is 18.4 Å². The van der Waals surface area contributed by atoms with E-state index in [1.807, 2.05) is 24.3 Å². The van der Waals surface area contributed by atoms with Crippen molar-refractivity contribution in [3.8, 4) is 5.75 Å². The Hall–Kier alpha value is -1.51. The van der Waals surface area contributed by atoms with Crippen LogP contribution in [0, 0.1) is 5.92 Å². The van der Waals surface area contributed by atoms with Gasteiger partial charge in [0.2, 0.25) is 5.91 Å². The van der Waals surface area contributed by atoms with Gasteiger partial charge in [-0.15, -0.1) is 0 Å². The summed E-state index contributed by atoms with van der Waals surface area (Å²) in [6.45, 7) is 2.14. The fourth-order valence-corrected chi connectivity index (χ4v) is 2.99. The molecule has 1 atom stereocenters. The molecule has 1 N–H and O–H groups in total. The van der Waals surface area contributed by atoms with E-state index in [2.05, 4.69) is 12.2 Å². The molecule has 1 aromatic rings. The zero-order chi connectivity index (χ0) is 14.4. The Morgan fingerprint density at radius 3 is 2.50 bits per heavy atom. The van der Waals surface area contributed by atoms with Gasteiger partial charge in [-0.1, -0.05) is 31.4 Å². The number of carbonyl (C=O) groups excluding carboxylic acids is 1. The second-order valence-corrected chi connectivity index (χ2v) is 5.78. The van der Waals surface area contributed by atoms with Crippen LogP contribution in [0.3, 0.4) is 0 Å². The molecule has 0 unspecified atom stereocenters. The highest BCUT2D eigenvalue weighted by atomic mass is 16.5. The minimum absolute atomic E-state index is 0.119. The van der Waals surface area contributed by atoms with E-state index >= 15 is 0 Å². The van der Waals surface area contributed by atoms with Gasteiger partial charge in [-0.3, -0.25) is 4.79 Å². The molecule has 3 nitrogen and oxygen atoms in total. The highest BCUT2D eigenvalue weighted by Gasteiger charge is 2.21. The number of rotatable bonds is 5. The fraction of sp³-hybridized carbons (Fsp3) is 0.588. The van der Waals surface area contributed by atoms with E-state index in [9.17, 15) is 4.79 Å². The largest absolute Gasteiger partial charge is 0.497 e. The molecular weight excluding hydrogens is 250 g/mol. The summed E-state index contributed by atoms with van der Waals surface area (Å²) in [5.41, 5.74) is 1.03. The quantitative estimate of drug-likeness (QED) is 0.895. The molecule has 0 aromatic heterocycles. The maximum Gasteiger partial charge on any atom is 0.224 e. The van der Waals surface area contributed by atoms with Gasteiger partial charge in [-0.05, 0) is 43.4 Å². The normalized spacial score (nSPS) is 17.5. The predicted octanol–water partition coefficient (Wildman–Crippen LogP) is 3.32. The average Bonchev–Trinajstić information content (AvgIpc) is 2.49. The molecule has 2 rings (SSSR count). The second-order valence-electron chi connectivity index (χ2n) is 5.78. The van der Waals surface area contributed by atoms with Crippen LogP contribution in [0.1, 0.15) is 44.6 Å². The molecule has 1 saturated carbocycles. The van der Waals surface area contributed by atoms with Crippen molar-refractivity contribution in [2.45, 2.75) is 51.5 Å². The molecule has 110 valence electrons. The van der Waals surface area contributed by atoms with Crippen molar-refractivity contribution in [1.82, 2.24) is 5.32 Å². The van der Waals surface area contributed by atoms with E-state index in [0.717, 1.165) is 11.3 Å². The maximum absolute atomic E-state index is 12.1. The summed E-state index contributed by atoms with van der Waals surface area (Å²) in [5, 5.41) is 3.16. The standard InChI is InChI=1S/C17H25NO2/c1-13(15-6-4-3-5-7-15)18-17(19)12-14-8-10-16(20-2)11-9-14/h8-11,13,15H,3-7,12H2,1-2H3,(H,18,19)/t13-/m0/s1. The minimum Gasteiger partial charge on any atom is -0.497 e. The molecule has 1 aliphatic rings. The second kappa shape index (κ2) is 7.32. The summed E-state index contributed by atoms with van der Waals surface area (Å²) >= 11 is 0. The number of amides is 1. The molecule has 1 aromatic carbocycles. The third-order valence-electron chi connectivity index (χ3n) is 4.27. The van der Waals surface area contributed by atoms with Crippen LogP contribution in [0.2, 0.25) is 0 Å². The van der Waals surface area contributed by atoms with Crippen LogP contribution in [-0.2, 0) is 11.2 Å². The molecule has 1 fully saturated rings. The molecule has 0 saturated heterocycles. The van der Waals surface area contributed by atoms with Gasteiger partial charge in [-0.25, -0.2) is 0 Å². The van der Waals surface area contributed by atoms with Crippen molar-refractivity contribution in [1.29, 1.82) is 0 Å². The van der Waals surface area contributed by atoms with E-state index in [1.54, 1.807) is 7.11 Å². The third-order valence-corrected chi connectivity index (χ3v) is 4.27. The summed E-state index contributed by atoms with van der Waals surface area (Å²) in [6.07, 6.45) is 6.92. The Balaban J connectivity index is 1.81. The van der Waals surface area contributed by atoms with Gasteiger partial charge >= 0.3 is 0 Å². The first-order valence-electron chi connectivity index (χ1n) is 7.61. The van der Waals surface area contributed by atoms with Gasteiger partial charge in [0, 0.05) is 6.04 Å². The van der Waals surface area contributed by atoms with Gasteiger partial charge in [-0.2, -0.15) is 0 Å². The SMILES string of the molecule is COc1ccc(CC(=O)N[C@@H](C)C2CCCCC2)cc1. The van der Waals surface area contributed by atoms with E-state index < -0.39 is 0 Å². The lowest BCUT2D eigenvalue weighted by molar-refractivity contribution is -0.121. The van der Waals surface area contributed by atoms with Crippen LogP contribution in [0.15, 0.2) is 24.3 Å². The van der Waals surface area contributed by atoms with E-state index in [-0.39, 0.29) is 5.91 Å². The fourth-order valence-electron chi connectivity index (χ4n) is 2.99. The summed E-state index contributed by atoms with van der Waals surface area (Å²) in [4.78, 5) is 12.1. The van der Waals surface area contributed by atoms with Crippen LogP contribution in [-0.4, -0.2) is 19.1 Å². The van der Waals surface area contributed by atoms with Crippen LogP contribution in [0.25, 0.3) is 0 Å². The van der Waals surface area contributed by atoms with Crippen molar-refractivity contribution in [2.24, 2.45) is 5.92 Å². The van der Waals surface area contributed by atoms with E-state index in [1.165, 1.54) is 32.1 Å². The summed E-state index contributed by atoms with van der Waals surface area (Å²) in [7, 11) is 1.65. The summed E-state index contributed by atoms with van der Waals surface area (Å²) < 4.78 is 5.12. The number of nitrogens with one attached hydrogen (secondary N) is 1. The number of benzene rings is 1. The monoisotopic (exact) mass is 275 g/mol. The van der Waals surface area contributed by atoms with Gasteiger partial charge in [0.15, 0.2) is 0 Å². The number of carbonyl (C=O) groups is 1. The lowest BCUT2D eigenvalue weighted by Gasteiger charge is -2.28. The maximum atomic E-state index is 12.1. The van der Waals surface area contributed by atoms with Crippen LogP contribution in [0.4, 0.5) is 0 Å². The van der Waals surface area contributed by atoms with Crippen LogP contribution >= 0.6 is 0 Å². The van der Waals surface area contributed by atoms with Gasteiger partial charge in [0.05, 0.1) is 13.5 Å². The molecule has 0 spiro atoms. The highest BCUT2D eigenvalue weighted by molar-refractivity contribution is 5.78. The predicted molar refractivity (Wildman–Crippen MR) is 80.9 cm³/mol. The number of ether oxygens (including phenoxy) is 1. The van der Waals surface area contributed by atoms with Gasteiger partial charge in [0.25, 0.3) is 0 Å². The Morgan fingerprint density at radius 2 is 1.90 bits per heavy atom. The Labute approximate surface area is 121 Å². The molecule has 1 aliphatic carbocycles. The molecule has 1 amide bonds. The van der Waals surface area contributed by atoms with Crippen molar-refractivity contribution < 1.29 is 9.53 Å². The molecule has 0 bridgehead atoms. The van der Waals surface area contributed by atoms with Crippen molar-refractivity contribution in [3.63, 3.8) is 0 Å². The van der Waals surface area contributed by atoms with Crippen molar-refractivity contribution >= 4 is 5.91 Å². The zero-order valence-corrected chi connectivity index (χ0v) is 12.5. The number of hydrogen-bond donors (Lipinski definition) is 1. The Morgan fingerprint density at radius 1 is 1.25 bits per heavy atom. The topological polar surface area (TPSA) is 38.3 Å². The van der Waals surface area contributed by atoms with E-state index in [4.69, 9.17) is 4.74 Å². The third kappa shape index (κ3) is 4.26. The molecule has 3 heteroatoms. The zero-order valence-electron chi connectivity index (χ0n) is 12.5. The lowest BCUT2D eigenvalue weighted by Crippen LogP contribution is -2.39. The molecule has 0 radical (unpaired) electrons. The first-order chi connectivity index (χ1) is 9.69. The minimum atomic E-state index is 0.119. The number of methoxy groups -OCH3 is 1. The Kier molecular flexibility index (Phi) is 5.45. The number of hydrogen-bond acceptors (Lipinski definition) is 2. The highest BCUT2D eigenvalue weighted by Crippen LogP contribution is 2.26. The van der Waals surface area contributed by atoms with Gasteiger partial charge in [0.1, 0.15) is 5.75 Å². The molecule has 0 heterocycles. The molecule has 0 aliphatic heterocycles.